The van der Waals surface area contributed by atoms with Crippen molar-refractivity contribution in [2.45, 2.75) is 19.4 Å². The van der Waals surface area contributed by atoms with E-state index in [0.717, 1.165) is 21.8 Å². The van der Waals surface area contributed by atoms with Crippen LogP contribution >= 0.6 is 0 Å². The van der Waals surface area contributed by atoms with Gasteiger partial charge in [0.15, 0.2) is 11.5 Å². The first kappa shape index (κ1) is 17.3. The number of phenolic OH excluding ortho intramolecular Hbond substituents is 1. The summed E-state index contributed by atoms with van der Waals surface area (Å²) >= 11 is 0. The highest BCUT2D eigenvalue weighted by atomic mass is 32.2. The highest BCUT2D eigenvalue weighted by Gasteiger charge is 2.34. The number of aryl methyl sites for hydroxylation is 1. The first-order valence-corrected chi connectivity index (χ1v) is 9.65. The molecule has 0 radical (unpaired) electrons. The number of sulfonamides is 1. The van der Waals surface area contributed by atoms with Crippen molar-refractivity contribution in [3.8, 4) is 11.5 Å². The number of methoxy groups -OCH3 is 1. The van der Waals surface area contributed by atoms with E-state index < -0.39 is 16.1 Å². The molecule has 1 aliphatic rings. The Morgan fingerprint density at radius 1 is 1.20 bits per heavy atom. The molecule has 7 heteroatoms. The van der Waals surface area contributed by atoms with Gasteiger partial charge in [0.05, 0.1) is 25.1 Å². The van der Waals surface area contributed by atoms with E-state index in [2.05, 4.69) is 5.10 Å². The molecule has 0 saturated carbocycles. The fourth-order valence-corrected chi connectivity index (χ4v) is 3.78. The summed E-state index contributed by atoms with van der Waals surface area (Å²) in [6.07, 6.45) is 1.58. The number of hydrogen-bond donors (Lipinski definition) is 1. The number of aromatic hydroxyl groups is 1. The van der Waals surface area contributed by atoms with Crippen LogP contribution in [0.15, 0.2) is 47.6 Å². The van der Waals surface area contributed by atoms with Crippen LogP contribution in [-0.2, 0) is 10.0 Å². The molecule has 0 amide bonds. The molecule has 2 aromatic carbocycles. The number of phenols is 1. The molecule has 1 N–H and O–H groups in total. The summed E-state index contributed by atoms with van der Waals surface area (Å²) in [7, 11) is -2.04. The maximum absolute atomic E-state index is 12.2. The molecule has 0 fully saturated rings. The third kappa shape index (κ3) is 3.46. The molecule has 6 nitrogen and oxygen atoms in total. The molecule has 3 rings (SSSR count). The lowest BCUT2D eigenvalue weighted by molar-refractivity contribution is 0.373. The van der Waals surface area contributed by atoms with Gasteiger partial charge in [-0.25, -0.2) is 8.42 Å². The van der Waals surface area contributed by atoms with Gasteiger partial charge in [-0.15, -0.1) is 0 Å². The Morgan fingerprint density at radius 3 is 2.44 bits per heavy atom. The lowest BCUT2D eigenvalue weighted by Gasteiger charge is -2.21. The highest BCUT2D eigenvalue weighted by molar-refractivity contribution is 7.88. The van der Waals surface area contributed by atoms with Crippen LogP contribution in [0.4, 0.5) is 0 Å². The number of ether oxygens (including phenoxy) is 1. The summed E-state index contributed by atoms with van der Waals surface area (Å²) in [6, 6.07) is 12.3. The monoisotopic (exact) mass is 360 g/mol. The zero-order valence-electron chi connectivity index (χ0n) is 14.3. The van der Waals surface area contributed by atoms with Crippen LogP contribution in [-0.4, -0.2) is 37.0 Å². The van der Waals surface area contributed by atoms with Gasteiger partial charge in [0, 0.05) is 12.0 Å². The second-order valence-corrected chi connectivity index (χ2v) is 7.94. The molecule has 0 bridgehead atoms. The fourth-order valence-electron chi connectivity index (χ4n) is 2.88. The van der Waals surface area contributed by atoms with Crippen LogP contribution in [0.1, 0.15) is 29.2 Å². The Bertz CT molecular complexity index is 921. The molecule has 0 aliphatic carbocycles. The minimum Gasteiger partial charge on any atom is -0.504 e. The molecule has 1 atom stereocenters. The van der Waals surface area contributed by atoms with Gasteiger partial charge in [-0.1, -0.05) is 29.8 Å². The first-order chi connectivity index (χ1) is 11.8. The zero-order chi connectivity index (χ0) is 18.2. The lowest BCUT2D eigenvalue weighted by Crippen LogP contribution is -2.25. The number of hydrazone groups is 1. The number of benzene rings is 2. The molecule has 1 heterocycles. The molecule has 2 aromatic rings. The third-order valence-corrected chi connectivity index (χ3v) is 5.20. The Hall–Kier alpha value is -2.54. The van der Waals surface area contributed by atoms with Crippen LogP contribution in [0.25, 0.3) is 0 Å². The van der Waals surface area contributed by atoms with E-state index in [1.165, 1.54) is 13.2 Å². The largest absolute Gasteiger partial charge is 0.504 e. The minimum absolute atomic E-state index is 0.00704. The van der Waals surface area contributed by atoms with Crippen molar-refractivity contribution in [2.75, 3.05) is 13.4 Å². The smallest absolute Gasteiger partial charge is 0.247 e. The van der Waals surface area contributed by atoms with Crippen LogP contribution in [0.2, 0.25) is 0 Å². The molecule has 0 saturated heterocycles. The van der Waals surface area contributed by atoms with Crippen LogP contribution in [0, 0.1) is 6.92 Å². The predicted molar refractivity (Wildman–Crippen MR) is 96.4 cm³/mol. The summed E-state index contributed by atoms with van der Waals surface area (Å²) in [5.74, 6) is 0.352. The van der Waals surface area contributed by atoms with Gasteiger partial charge in [-0.05, 0) is 30.7 Å². The van der Waals surface area contributed by atoms with Gasteiger partial charge in [0.1, 0.15) is 0 Å². The molecule has 0 spiro atoms. The fraction of sp³-hybridized carbons (Fsp3) is 0.278. The Kier molecular flexibility index (Phi) is 4.43. The number of rotatable bonds is 4. The van der Waals surface area contributed by atoms with E-state index in [1.807, 2.05) is 31.2 Å². The molecule has 25 heavy (non-hydrogen) atoms. The van der Waals surface area contributed by atoms with E-state index in [4.69, 9.17) is 4.74 Å². The lowest BCUT2D eigenvalue weighted by atomic mass is 9.98. The van der Waals surface area contributed by atoms with E-state index in [0.29, 0.717) is 23.4 Å². The van der Waals surface area contributed by atoms with Crippen LogP contribution in [0.3, 0.4) is 0 Å². The van der Waals surface area contributed by atoms with E-state index in [-0.39, 0.29) is 5.75 Å². The van der Waals surface area contributed by atoms with Gasteiger partial charge in [0.2, 0.25) is 10.0 Å². The van der Waals surface area contributed by atoms with E-state index in [9.17, 15) is 13.5 Å². The summed E-state index contributed by atoms with van der Waals surface area (Å²) in [5.41, 5.74) is 3.26. The van der Waals surface area contributed by atoms with Gasteiger partial charge in [0.25, 0.3) is 0 Å². The number of nitrogens with zero attached hydrogens (tertiary/aromatic N) is 2. The van der Waals surface area contributed by atoms with Crippen molar-refractivity contribution >= 4 is 15.7 Å². The zero-order valence-corrected chi connectivity index (χ0v) is 15.1. The Labute approximate surface area is 147 Å². The molecular weight excluding hydrogens is 340 g/mol. The van der Waals surface area contributed by atoms with Gasteiger partial charge >= 0.3 is 0 Å². The number of hydrogen-bond acceptors (Lipinski definition) is 5. The van der Waals surface area contributed by atoms with Gasteiger partial charge in [-0.3, -0.25) is 0 Å². The van der Waals surface area contributed by atoms with Gasteiger partial charge in [-0.2, -0.15) is 9.52 Å². The summed E-state index contributed by atoms with van der Waals surface area (Å²) in [5, 5.41) is 14.3. The molecular formula is C18H20N2O4S. The van der Waals surface area contributed by atoms with Crippen molar-refractivity contribution in [1.29, 1.82) is 0 Å². The summed E-state index contributed by atoms with van der Waals surface area (Å²) in [4.78, 5) is 0. The highest BCUT2D eigenvalue weighted by Crippen LogP contribution is 2.36. The van der Waals surface area contributed by atoms with Crippen molar-refractivity contribution in [2.24, 2.45) is 5.10 Å². The quantitative estimate of drug-likeness (QED) is 0.909. The molecule has 0 unspecified atom stereocenters. The van der Waals surface area contributed by atoms with Crippen molar-refractivity contribution in [3.63, 3.8) is 0 Å². The second-order valence-electron chi connectivity index (χ2n) is 6.10. The van der Waals surface area contributed by atoms with Crippen molar-refractivity contribution in [3.05, 3.63) is 59.2 Å². The Balaban J connectivity index is 1.99. The van der Waals surface area contributed by atoms with Crippen molar-refractivity contribution in [1.82, 2.24) is 4.41 Å². The minimum atomic E-state index is -3.52. The molecule has 132 valence electrons. The van der Waals surface area contributed by atoms with Crippen molar-refractivity contribution < 1.29 is 18.3 Å². The maximum Gasteiger partial charge on any atom is 0.247 e. The predicted octanol–water partition coefficient (Wildman–Crippen LogP) is 2.82. The maximum atomic E-state index is 12.2. The van der Waals surface area contributed by atoms with Crippen LogP contribution < -0.4 is 4.74 Å². The van der Waals surface area contributed by atoms with Crippen LogP contribution in [0.5, 0.6) is 11.5 Å². The van der Waals surface area contributed by atoms with E-state index >= 15 is 0 Å². The van der Waals surface area contributed by atoms with E-state index in [1.54, 1.807) is 12.1 Å². The Morgan fingerprint density at radius 2 is 1.88 bits per heavy atom. The second kappa shape index (κ2) is 6.40. The first-order valence-electron chi connectivity index (χ1n) is 7.80. The average Bonchev–Trinajstić information content (AvgIpc) is 3.01. The normalized spacial score (nSPS) is 17.5. The average molecular weight is 360 g/mol. The standard InChI is InChI=1S/C18H20N2O4S/c1-12-4-6-13(7-5-12)16-11-15(19-20(16)25(3,22)23)14-8-9-18(24-2)17(21)10-14/h4-10,16,21H,11H2,1-3H3/t16-/m1/s1. The summed E-state index contributed by atoms with van der Waals surface area (Å²) < 4.78 is 30.5. The molecule has 0 aromatic heterocycles. The summed E-state index contributed by atoms with van der Waals surface area (Å²) in [6.45, 7) is 1.98. The molecule has 1 aliphatic heterocycles. The van der Waals surface area contributed by atoms with Gasteiger partial charge < -0.3 is 9.84 Å². The third-order valence-electron chi connectivity index (χ3n) is 4.19. The topological polar surface area (TPSA) is 79.2 Å². The SMILES string of the molecule is COc1ccc(C2=NN(S(C)(=O)=O)[C@@H](c3ccc(C)cc3)C2)cc1O.